The third-order valence-corrected chi connectivity index (χ3v) is 0.941. The van der Waals surface area contributed by atoms with Crippen molar-refractivity contribution >= 4 is 6.29 Å². The maximum absolute atomic E-state index is 9.61. The van der Waals surface area contributed by atoms with Crippen LogP contribution in [0, 0.1) is 0 Å². The lowest BCUT2D eigenvalue weighted by molar-refractivity contribution is 0.170. The van der Waals surface area contributed by atoms with E-state index in [1.165, 1.54) is 0 Å². The molecule has 0 unspecified atom stereocenters. The van der Waals surface area contributed by atoms with E-state index in [0.717, 1.165) is 6.42 Å². The summed E-state index contributed by atoms with van der Waals surface area (Å²) in [4.78, 5) is 9.61. The minimum Gasteiger partial charge on any atom is -0.393 e. The van der Waals surface area contributed by atoms with Crippen molar-refractivity contribution < 1.29 is 9.90 Å². The number of aliphatic hydroxyl groups is 1. The van der Waals surface area contributed by atoms with Crippen molar-refractivity contribution in [3.8, 4) is 0 Å². The lowest BCUT2D eigenvalue weighted by Gasteiger charge is -2.00. The van der Waals surface area contributed by atoms with Gasteiger partial charge in [-0.3, -0.25) is 4.79 Å². The summed E-state index contributed by atoms with van der Waals surface area (Å²) in [5, 5.41) is 8.79. The van der Waals surface area contributed by atoms with E-state index in [2.05, 4.69) is 0 Å². The maximum Gasteiger partial charge on any atom is 0.201 e. The largest absolute Gasteiger partial charge is 0.393 e. The van der Waals surface area contributed by atoms with Crippen LogP contribution >= 0.6 is 0 Å². The number of carbonyl (C=O) groups excluding carboxylic acids is 1. The molecule has 2 nitrogen and oxygen atoms in total. The molecular formula is C6H11O2. The molecule has 0 aromatic rings. The van der Waals surface area contributed by atoms with Gasteiger partial charge in [0.25, 0.3) is 0 Å². The van der Waals surface area contributed by atoms with Crippen molar-refractivity contribution in [3.05, 3.63) is 0 Å². The highest BCUT2D eigenvalue weighted by molar-refractivity contribution is 5.50. The topological polar surface area (TPSA) is 37.3 Å². The van der Waals surface area contributed by atoms with Gasteiger partial charge in [0, 0.05) is 6.42 Å². The third kappa shape index (κ3) is 3.81. The average Bonchev–Trinajstić information content (AvgIpc) is 1.68. The fourth-order valence-corrected chi connectivity index (χ4v) is 0.531. The molecule has 1 N–H and O–H groups in total. The summed E-state index contributed by atoms with van der Waals surface area (Å²) >= 11 is 0. The summed E-state index contributed by atoms with van der Waals surface area (Å²) in [7, 11) is 0. The molecule has 0 rings (SSSR count). The zero-order valence-corrected chi connectivity index (χ0v) is 5.05. The van der Waals surface area contributed by atoms with Gasteiger partial charge in [-0.1, -0.05) is 13.3 Å². The van der Waals surface area contributed by atoms with Gasteiger partial charge in [-0.2, -0.15) is 0 Å². The van der Waals surface area contributed by atoms with Gasteiger partial charge < -0.3 is 5.11 Å². The lowest BCUT2D eigenvalue weighted by Crippen LogP contribution is -2.05. The summed E-state index contributed by atoms with van der Waals surface area (Å²) in [6, 6.07) is 0. The van der Waals surface area contributed by atoms with Crippen LogP contribution in [-0.2, 0) is 4.79 Å². The van der Waals surface area contributed by atoms with Gasteiger partial charge in [-0.25, -0.2) is 0 Å². The van der Waals surface area contributed by atoms with Gasteiger partial charge in [0.2, 0.25) is 6.29 Å². The van der Waals surface area contributed by atoms with E-state index < -0.39 is 6.10 Å². The third-order valence-electron chi connectivity index (χ3n) is 0.941. The molecule has 1 radical (unpaired) electrons. The van der Waals surface area contributed by atoms with Crippen LogP contribution < -0.4 is 0 Å². The highest BCUT2D eigenvalue weighted by Gasteiger charge is 1.99. The van der Waals surface area contributed by atoms with E-state index in [4.69, 9.17) is 5.11 Å². The molecule has 47 valence electrons. The molecule has 0 aromatic carbocycles. The molecule has 0 amide bonds. The molecule has 1 atom stereocenters. The Kier molecular flexibility index (Phi) is 4.56. The van der Waals surface area contributed by atoms with Crippen LogP contribution in [0.25, 0.3) is 0 Å². The second-order valence-electron chi connectivity index (χ2n) is 1.79. The smallest absolute Gasteiger partial charge is 0.201 e. The first-order chi connectivity index (χ1) is 3.81. The molecule has 0 spiro atoms. The summed E-state index contributed by atoms with van der Waals surface area (Å²) in [6.07, 6.45) is 2.98. The summed E-state index contributed by atoms with van der Waals surface area (Å²) < 4.78 is 0. The van der Waals surface area contributed by atoms with Crippen LogP contribution in [-0.4, -0.2) is 17.5 Å². The SMILES string of the molecule is CCC[C@@H](O)C[C]=O. The van der Waals surface area contributed by atoms with Crippen LogP contribution in [0.1, 0.15) is 26.2 Å². The quantitative estimate of drug-likeness (QED) is 0.584. The molecule has 0 aliphatic carbocycles. The Morgan fingerprint density at radius 1 is 1.75 bits per heavy atom. The molecule has 0 saturated carbocycles. The second-order valence-corrected chi connectivity index (χ2v) is 1.79. The van der Waals surface area contributed by atoms with Gasteiger partial charge in [0.1, 0.15) is 0 Å². The maximum atomic E-state index is 9.61. The van der Waals surface area contributed by atoms with Crippen molar-refractivity contribution in [2.24, 2.45) is 0 Å². The standard InChI is InChI=1S/C6H11O2/c1-2-3-6(8)4-5-7/h6,8H,2-4H2,1H3/t6-/m1/s1. The monoisotopic (exact) mass is 115 g/mol. The normalized spacial score (nSPS) is 13.2. The van der Waals surface area contributed by atoms with E-state index >= 15 is 0 Å². The number of rotatable bonds is 4. The van der Waals surface area contributed by atoms with Gasteiger partial charge in [-0.05, 0) is 6.42 Å². The predicted molar refractivity (Wildman–Crippen MR) is 31.2 cm³/mol. The van der Waals surface area contributed by atoms with Crippen molar-refractivity contribution in [1.82, 2.24) is 0 Å². The Labute approximate surface area is 49.5 Å². The molecule has 0 saturated heterocycles. The first kappa shape index (κ1) is 7.63. The molecule has 0 heterocycles. The van der Waals surface area contributed by atoms with Crippen molar-refractivity contribution in [2.45, 2.75) is 32.3 Å². The molecule has 2 heteroatoms. The predicted octanol–water partition coefficient (Wildman–Crippen LogP) is 0.647. The van der Waals surface area contributed by atoms with E-state index in [9.17, 15) is 4.79 Å². The summed E-state index contributed by atoms with van der Waals surface area (Å²) in [5.74, 6) is 0. The molecule has 0 aliphatic heterocycles. The first-order valence-electron chi connectivity index (χ1n) is 2.84. The van der Waals surface area contributed by atoms with Crippen LogP contribution in [0.3, 0.4) is 0 Å². The molecule has 0 aliphatic rings. The van der Waals surface area contributed by atoms with Crippen molar-refractivity contribution in [2.75, 3.05) is 0 Å². The van der Waals surface area contributed by atoms with Crippen LogP contribution in [0.2, 0.25) is 0 Å². The molecule has 0 bridgehead atoms. The molecular weight excluding hydrogens is 104 g/mol. The highest BCUT2D eigenvalue weighted by atomic mass is 16.3. The highest BCUT2D eigenvalue weighted by Crippen LogP contribution is 1.97. The van der Waals surface area contributed by atoms with Gasteiger partial charge >= 0.3 is 0 Å². The van der Waals surface area contributed by atoms with Crippen molar-refractivity contribution in [1.29, 1.82) is 0 Å². The van der Waals surface area contributed by atoms with E-state index in [0.29, 0.717) is 6.42 Å². The number of hydrogen-bond acceptors (Lipinski definition) is 2. The minimum absolute atomic E-state index is 0.161. The van der Waals surface area contributed by atoms with Gasteiger partial charge in [0.05, 0.1) is 6.10 Å². The fraction of sp³-hybridized carbons (Fsp3) is 0.833. The zero-order valence-electron chi connectivity index (χ0n) is 5.05. The Morgan fingerprint density at radius 3 is 2.75 bits per heavy atom. The molecule has 0 fully saturated rings. The van der Waals surface area contributed by atoms with Gasteiger partial charge in [-0.15, -0.1) is 0 Å². The Balaban J connectivity index is 3.03. The average molecular weight is 115 g/mol. The summed E-state index contributed by atoms with van der Waals surface area (Å²) in [6.45, 7) is 1.97. The Hall–Kier alpha value is -0.370. The van der Waals surface area contributed by atoms with E-state index in [1.54, 1.807) is 6.29 Å². The number of aliphatic hydroxyl groups excluding tert-OH is 1. The van der Waals surface area contributed by atoms with Crippen LogP contribution in [0.5, 0.6) is 0 Å². The van der Waals surface area contributed by atoms with Crippen molar-refractivity contribution in [3.63, 3.8) is 0 Å². The number of hydrogen-bond donors (Lipinski definition) is 1. The summed E-state index contributed by atoms with van der Waals surface area (Å²) in [5.41, 5.74) is 0. The first-order valence-corrected chi connectivity index (χ1v) is 2.84. The van der Waals surface area contributed by atoms with Crippen LogP contribution in [0.4, 0.5) is 0 Å². The second kappa shape index (κ2) is 4.78. The lowest BCUT2D eigenvalue weighted by atomic mass is 10.2. The molecule has 8 heavy (non-hydrogen) atoms. The van der Waals surface area contributed by atoms with Gasteiger partial charge in [0.15, 0.2) is 0 Å². The van der Waals surface area contributed by atoms with E-state index in [-0.39, 0.29) is 6.42 Å². The Morgan fingerprint density at radius 2 is 2.38 bits per heavy atom. The van der Waals surface area contributed by atoms with E-state index in [1.807, 2.05) is 6.92 Å². The minimum atomic E-state index is -0.461. The van der Waals surface area contributed by atoms with Crippen LogP contribution in [0.15, 0.2) is 0 Å². The Bertz CT molecular complexity index is 61.5. The zero-order chi connectivity index (χ0) is 6.41. The fourth-order valence-electron chi connectivity index (χ4n) is 0.531. The molecule has 0 aromatic heterocycles.